The summed E-state index contributed by atoms with van der Waals surface area (Å²) >= 11 is 0. The smallest absolute Gasteiger partial charge is 0.121 e. The Hall–Kier alpha value is -2.94. The fourth-order valence-electron chi connectivity index (χ4n) is 2.51. The molecule has 1 heterocycles. The lowest BCUT2D eigenvalue weighted by molar-refractivity contribution is 0.148. The molecule has 0 atom stereocenters. The number of pyridine rings is 1. The summed E-state index contributed by atoms with van der Waals surface area (Å²) in [5.41, 5.74) is 5.28. The molecule has 0 aliphatic carbocycles. The van der Waals surface area contributed by atoms with Gasteiger partial charge in [-0.05, 0) is 24.6 Å². The standard InChI is InChI=1S/C21H20N2O/c1-17-7-5-8-18(15-17)12-14-24-23-21(19-9-3-2-4-10-19)20-11-6-13-22-16-20/h2-11,13,15-16H,12,14H2,1H3. The van der Waals surface area contributed by atoms with Crippen LogP contribution in [0, 0.1) is 6.92 Å². The Morgan fingerprint density at radius 2 is 1.79 bits per heavy atom. The van der Waals surface area contributed by atoms with E-state index in [-0.39, 0.29) is 0 Å². The SMILES string of the molecule is Cc1cccc(CCON=C(c2ccccc2)c2cccnc2)c1. The van der Waals surface area contributed by atoms with Gasteiger partial charge >= 0.3 is 0 Å². The Morgan fingerprint density at radius 3 is 2.54 bits per heavy atom. The fourth-order valence-corrected chi connectivity index (χ4v) is 2.51. The van der Waals surface area contributed by atoms with Crippen molar-refractivity contribution in [1.29, 1.82) is 0 Å². The van der Waals surface area contributed by atoms with E-state index < -0.39 is 0 Å². The maximum absolute atomic E-state index is 5.61. The van der Waals surface area contributed by atoms with Crippen molar-refractivity contribution >= 4 is 5.71 Å². The van der Waals surface area contributed by atoms with Gasteiger partial charge in [-0.1, -0.05) is 65.3 Å². The Balaban J connectivity index is 1.73. The molecular formula is C21H20N2O. The largest absolute Gasteiger partial charge is 0.395 e. The highest BCUT2D eigenvalue weighted by atomic mass is 16.6. The summed E-state index contributed by atoms with van der Waals surface area (Å²) in [6, 6.07) is 22.4. The highest BCUT2D eigenvalue weighted by molar-refractivity contribution is 6.12. The van der Waals surface area contributed by atoms with Crippen molar-refractivity contribution in [2.75, 3.05) is 6.61 Å². The fraction of sp³-hybridized carbons (Fsp3) is 0.143. The summed E-state index contributed by atoms with van der Waals surface area (Å²) in [6.07, 6.45) is 4.39. The number of benzene rings is 2. The molecule has 0 fully saturated rings. The molecule has 0 amide bonds. The van der Waals surface area contributed by atoms with Crippen molar-refractivity contribution in [3.8, 4) is 0 Å². The van der Waals surface area contributed by atoms with Crippen LogP contribution < -0.4 is 0 Å². The van der Waals surface area contributed by atoms with Crippen molar-refractivity contribution in [3.63, 3.8) is 0 Å². The molecule has 0 spiro atoms. The molecule has 0 aliphatic heterocycles. The van der Waals surface area contributed by atoms with Crippen LogP contribution in [-0.2, 0) is 11.3 Å². The van der Waals surface area contributed by atoms with Gasteiger partial charge in [-0.3, -0.25) is 4.98 Å². The van der Waals surface area contributed by atoms with E-state index in [0.717, 1.165) is 23.3 Å². The van der Waals surface area contributed by atoms with Crippen LogP contribution in [0.2, 0.25) is 0 Å². The molecule has 24 heavy (non-hydrogen) atoms. The molecule has 0 radical (unpaired) electrons. The van der Waals surface area contributed by atoms with Crippen molar-refractivity contribution in [3.05, 3.63) is 101 Å². The van der Waals surface area contributed by atoms with Gasteiger partial charge in [-0.25, -0.2) is 0 Å². The van der Waals surface area contributed by atoms with Crippen LogP contribution in [-0.4, -0.2) is 17.3 Å². The molecule has 3 heteroatoms. The van der Waals surface area contributed by atoms with E-state index in [4.69, 9.17) is 4.84 Å². The van der Waals surface area contributed by atoms with Crippen LogP contribution >= 0.6 is 0 Å². The molecule has 0 N–H and O–H groups in total. The number of aryl methyl sites for hydroxylation is 1. The highest BCUT2D eigenvalue weighted by Gasteiger charge is 2.07. The molecule has 0 unspecified atom stereocenters. The van der Waals surface area contributed by atoms with Crippen LogP contribution in [0.1, 0.15) is 22.3 Å². The Labute approximate surface area is 142 Å². The summed E-state index contributed by atoms with van der Waals surface area (Å²) in [6.45, 7) is 2.64. The third-order valence-corrected chi connectivity index (χ3v) is 3.70. The molecule has 0 aliphatic rings. The molecular weight excluding hydrogens is 296 g/mol. The van der Waals surface area contributed by atoms with Crippen molar-refractivity contribution in [2.45, 2.75) is 13.3 Å². The number of hydrogen-bond acceptors (Lipinski definition) is 3. The molecule has 0 saturated carbocycles. The Bertz CT molecular complexity index is 757. The summed E-state index contributed by atoms with van der Waals surface area (Å²) in [4.78, 5) is 9.79. The van der Waals surface area contributed by atoms with E-state index in [1.54, 1.807) is 12.4 Å². The average Bonchev–Trinajstić information content (AvgIpc) is 2.63. The third-order valence-electron chi connectivity index (χ3n) is 3.70. The summed E-state index contributed by atoms with van der Waals surface area (Å²) in [7, 11) is 0. The van der Waals surface area contributed by atoms with E-state index in [2.05, 4.69) is 41.3 Å². The van der Waals surface area contributed by atoms with Crippen molar-refractivity contribution in [1.82, 2.24) is 4.98 Å². The van der Waals surface area contributed by atoms with Gasteiger partial charge in [-0.15, -0.1) is 0 Å². The van der Waals surface area contributed by atoms with Crippen LogP contribution in [0.3, 0.4) is 0 Å². The Kier molecular flexibility index (Phi) is 5.36. The van der Waals surface area contributed by atoms with Gasteiger partial charge < -0.3 is 4.84 Å². The summed E-state index contributed by atoms with van der Waals surface area (Å²) in [5.74, 6) is 0. The zero-order chi connectivity index (χ0) is 16.6. The first kappa shape index (κ1) is 15.9. The maximum atomic E-state index is 5.61. The first-order valence-electron chi connectivity index (χ1n) is 8.04. The van der Waals surface area contributed by atoms with Crippen LogP contribution in [0.5, 0.6) is 0 Å². The normalized spacial score (nSPS) is 11.3. The quantitative estimate of drug-likeness (QED) is 0.384. The lowest BCUT2D eigenvalue weighted by Crippen LogP contribution is -2.06. The van der Waals surface area contributed by atoms with E-state index in [9.17, 15) is 0 Å². The van der Waals surface area contributed by atoms with Gasteiger partial charge in [0.2, 0.25) is 0 Å². The maximum Gasteiger partial charge on any atom is 0.121 e. The zero-order valence-corrected chi connectivity index (χ0v) is 13.7. The average molecular weight is 316 g/mol. The monoisotopic (exact) mass is 316 g/mol. The second-order valence-electron chi connectivity index (χ2n) is 5.62. The number of aromatic nitrogens is 1. The van der Waals surface area contributed by atoms with E-state index in [1.165, 1.54) is 11.1 Å². The van der Waals surface area contributed by atoms with Gasteiger partial charge in [0.25, 0.3) is 0 Å². The molecule has 1 aromatic heterocycles. The minimum absolute atomic E-state index is 0.542. The van der Waals surface area contributed by atoms with Crippen LogP contribution in [0.4, 0.5) is 0 Å². The lowest BCUT2D eigenvalue weighted by atomic mass is 10.0. The summed E-state index contributed by atoms with van der Waals surface area (Å²) in [5, 5.41) is 4.38. The highest BCUT2D eigenvalue weighted by Crippen LogP contribution is 2.11. The first-order chi connectivity index (χ1) is 11.8. The molecule has 120 valence electrons. The minimum atomic E-state index is 0.542. The Morgan fingerprint density at radius 1 is 0.958 bits per heavy atom. The topological polar surface area (TPSA) is 34.5 Å². The number of nitrogens with zero attached hydrogens (tertiary/aromatic N) is 2. The second-order valence-corrected chi connectivity index (χ2v) is 5.62. The lowest BCUT2D eigenvalue weighted by Gasteiger charge is -2.07. The number of rotatable bonds is 6. The molecule has 3 aromatic rings. The van der Waals surface area contributed by atoms with Gasteiger partial charge in [0.05, 0.1) is 0 Å². The van der Waals surface area contributed by atoms with E-state index in [0.29, 0.717) is 6.61 Å². The van der Waals surface area contributed by atoms with Crippen molar-refractivity contribution in [2.24, 2.45) is 5.16 Å². The molecule has 3 nitrogen and oxygen atoms in total. The van der Waals surface area contributed by atoms with Gasteiger partial charge in [0.15, 0.2) is 0 Å². The minimum Gasteiger partial charge on any atom is -0.395 e. The summed E-state index contributed by atoms with van der Waals surface area (Å²) < 4.78 is 0. The molecule has 0 bridgehead atoms. The van der Waals surface area contributed by atoms with Gasteiger partial charge in [0, 0.05) is 29.9 Å². The molecule has 0 saturated heterocycles. The first-order valence-corrected chi connectivity index (χ1v) is 8.04. The van der Waals surface area contributed by atoms with Gasteiger partial charge in [-0.2, -0.15) is 0 Å². The zero-order valence-electron chi connectivity index (χ0n) is 13.7. The van der Waals surface area contributed by atoms with Crippen LogP contribution in [0.25, 0.3) is 0 Å². The molecule has 2 aromatic carbocycles. The predicted molar refractivity (Wildman–Crippen MR) is 97.2 cm³/mol. The van der Waals surface area contributed by atoms with Crippen molar-refractivity contribution < 1.29 is 4.84 Å². The molecule has 3 rings (SSSR count). The number of oxime groups is 1. The number of hydrogen-bond donors (Lipinski definition) is 0. The van der Waals surface area contributed by atoms with Crippen LogP contribution in [0.15, 0.2) is 84.3 Å². The van der Waals surface area contributed by atoms with Gasteiger partial charge in [0.1, 0.15) is 12.3 Å². The van der Waals surface area contributed by atoms with E-state index in [1.807, 2.05) is 42.5 Å². The third kappa shape index (κ3) is 4.29. The van der Waals surface area contributed by atoms with E-state index >= 15 is 0 Å². The second kappa shape index (κ2) is 8.06. The predicted octanol–water partition coefficient (Wildman–Crippen LogP) is 4.40.